The summed E-state index contributed by atoms with van der Waals surface area (Å²) in [5, 5.41) is 13.4. The molecule has 0 fully saturated rings. The van der Waals surface area contributed by atoms with Crippen LogP contribution in [0.3, 0.4) is 0 Å². The Hall–Kier alpha value is -7.12. The van der Waals surface area contributed by atoms with Gasteiger partial charge in [0.05, 0.1) is 32.6 Å². The van der Waals surface area contributed by atoms with Crippen LogP contribution in [-0.2, 0) is 23.7 Å². The Bertz CT molecular complexity index is 4250. The number of thiophene rings is 3. The van der Waals surface area contributed by atoms with Crippen LogP contribution in [0.1, 0.15) is 55.6 Å². The van der Waals surface area contributed by atoms with Gasteiger partial charge < -0.3 is 4.90 Å². The number of aryl methyl sites for hydroxylation is 2. The van der Waals surface area contributed by atoms with Gasteiger partial charge in [0, 0.05) is 30.8 Å². The van der Waals surface area contributed by atoms with Crippen molar-refractivity contribution in [2.75, 3.05) is 4.90 Å². The molecule has 5 heterocycles. The summed E-state index contributed by atoms with van der Waals surface area (Å²) >= 11 is 5.85. The molecule has 0 saturated heterocycles. The lowest BCUT2D eigenvalue weighted by molar-refractivity contribution is 0.732. The monoisotopic (exact) mass is 973 g/mol. The van der Waals surface area contributed by atoms with Crippen molar-refractivity contribution in [3.8, 4) is 32.0 Å². The van der Waals surface area contributed by atoms with E-state index in [9.17, 15) is 0 Å². The molecule has 0 bridgehead atoms. The minimum atomic E-state index is -2.10. The zero-order chi connectivity index (χ0) is 46.5. The van der Waals surface area contributed by atoms with Crippen molar-refractivity contribution in [2.24, 2.45) is 0 Å². The molecule has 0 N–H and O–H groups in total. The minimum Gasteiger partial charge on any atom is -0.308 e. The Kier molecular flexibility index (Phi) is 7.60. The summed E-state index contributed by atoms with van der Waals surface area (Å²) < 4.78 is 2.72. The first-order valence-corrected chi connectivity index (χ1v) is 30.6. The van der Waals surface area contributed by atoms with Gasteiger partial charge in [-0.3, -0.25) is 0 Å². The molecule has 2 aliphatic heterocycles. The highest BCUT2D eigenvalue weighted by Crippen LogP contribution is 2.67. The maximum atomic E-state index is 2.68. The summed E-state index contributed by atoms with van der Waals surface area (Å²) in [5.41, 5.74) is 22.4. The fourth-order valence-electron chi connectivity index (χ4n) is 14.8. The summed E-state index contributed by atoms with van der Waals surface area (Å²) in [4.78, 5) is 5.56. The highest BCUT2D eigenvalue weighted by atomic mass is 32.1. The summed E-state index contributed by atoms with van der Waals surface area (Å²) in [6.07, 6.45) is 2.23. The van der Waals surface area contributed by atoms with Gasteiger partial charge in [0.25, 0.3) is 0 Å². The average molecular weight is 974 g/mol. The van der Waals surface area contributed by atoms with Crippen LogP contribution in [0.5, 0.6) is 0 Å². The van der Waals surface area contributed by atoms with Gasteiger partial charge in [0.2, 0.25) is 0 Å². The zero-order valence-corrected chi connectivity index (χ0v) is 42.6. The van der Waals surface area contributed by atoms with Crippen LogP contribution in [-0.4, -0.2) is 8.07 Å². The molecule has 3 aliphatic carbocycles. The maximum Gasteiger partial charge on any atom is 0.113 e. The van der Waals surface area contributed by atoms with E-state index < -0.39 is 13.5 Å². The van der Waals surface area contributed by atoms with E-state index in [1.807, 2.05) is 34.0 Å². The van der Waals surface area contributed by atoms with Crippen molar-refractivity contribution in [1.82, 2.24) is 0 Å². The van der Waals surface area contributed by atoms with Crippen LogP contribution in [0.4, 0.5) is 17.1 Å². The summed E-state index contributed by atoms with van der Waals surface area (Å²) in [5.74, 6) is 0. The smallest absolute Gasteiger partial charge is 0.113 e. The van der Waals surface area contributed by atoms with Crippen LogP contribution < -0.4 is 15.3 Å². The van der Waals surface area contributed by atoms with Gasteiger partial charge in [0.15, 0.2) is 0 Å². The molecule has 1 nitrogen and oxygen atoms in total. The Morgan fingerprint density at radius 1 is 0.423 bits per heavy atom. The number of fused-ring (bicyclic) bond motifs is 18. The predicted molar refractivity (Wildman–Crippen MR) is 305 cm³/mol. The third kappa shape index (κ3) is 4.61. The lowest BCUT2D eigenvalue weighted by atomic mass is 9.61. The second-order valence-corrected chi connectivity index (χ2v) is 28.1. The molecule has 334 valence electrons. The fourth-order valence-corrected chi connectivity index (χ4v) is 21.3. The van der Waals surface area contributed by atoms with Gasteiger partial charge in [-0.25, -0.2) is 0 Å². The number of hydrogen-bond donors (Lipinski definition) is 0. The van der Waals surface area contributed by atoms with Gasteiger partial charge in [-0.15, -0.1) is 34.0 Å². The number of anilines is 3. The second kappa shape index (κ2) is 13.6. The van der Waals surface area contributed by atoms with Crippen molar-refractivity contribution in [3.63, 3.8) is 0 Å². The number of benzene rings is 9. The molecule has 12 aromatic rings. The van der Waals surface area contributed by atoms with E-state index in [2.05, 4.69) is 217 Å². The van der Waals surface area contributed by atoms with Crippen molar-refractivity contribution in [1.29, 1.82) is 0 Å². The van der Waals surface area contributed by atoms with Crippen molar-refractivity contribution in [2.45, 2.75) is 36.8 Å². The first-order valence-electron chi connectivity index (χ1n) is 25.0. The Morgan fingerprint density at radius 3 is 1.83 bits per heavy atom. The van der Waals surface area contributed by atoms with Crippen LogP contribution in [0.15, 0.2) is 199 Å². The molecule has 0 atom stereocenters. The topological polar surface area (TPSA) is 3.24 Å². The van der Waals surface area contributed by atoms with Crippen LogP contribution in [0.25, 0.3) is 63.0 Å². The van der Waals surface area contributed by atoms with E-state index in [-0.39, 0.29) is 5.41 Å². The van der Waals surface area contributed by atoms with Gasteiger partial charge in [-0.2, -0.15) is 0 Å². The Balaban J connectivity index is 0.996. The third-order valence-electron chi connectivity index (χ3n) is 17.6. The predicted octanol–water partition coefficient (Wildman–Crippen LogP) is 16.7. The van der Waals surface area contributed by atoms with Gasteiger partial charge >= 0.3 is 0 Å². The van der Waals surface area contributed by atoms with E-state index in [0.717, 1.165) is 12.8 Å². The first-order chi connectivity index (χ1) is 35.0. The number of para-hydroxylation sites is 1. The fraction of sp³-hybridized carbons (Fsp3) is 0.0909. The van der Waals surface area contributed by atoms with Gasteiger partial charge in [-0.05, 0) is 153 Å². The second-order valence-electron chi connectivity index (χ2n) is 20.9. The molecule has 0 saturated carbocycles. The van der Waals surface area contributed by atoms with E-state index in [0.29, 0.717) is 0 Å². The van der Waals surface area contributed by atoms with Crippen molar-refractivity contribution in [3.05, 3.63) is 254 Å². The van der Waals surface area contributed by atoms with Crippen LogP contribution >= 0.6 is 34.0 Å². The van der Waals surface area contributed by atoms with E-state index in [1.165, 1.54) is 146 Å². The lowest BCUT2D eigenvalue weighted by Gasteiger charge is -2.47. The third-order valence-corrected chi connectivity index (χ3v) is 24.4. The average Bonchev–Trinajstić information content (AvgIpc) is 4.30. The SMILES string of the molecule is C[Si]1(C)c2ccccc2-c2cc3c(cc21)N(c1cccc2c1sc1c4c(ccc12)C1(c2ccsc2-c2sccc21)c1ccc2c5c(ccc-4c15)CC2)c1ccccc1C3(c1ccccc1)c1ccccc1. The maximum absolute atomic E-state index is 2.68. The minimum absolute atomic E-state index is 0.377. The molecule has 0 radical (unpaired) electrons. The molecule has 71 heavy (non-hydrogen) atoms. The van der Waals surface area contributed by atoms with Gasteiger partial charge in [0.1, 0.15) is 8.07 Å². The van der Waals surface area contributed by atoms with Crippen molar-refractivity contribution < 1.29 is 0 Å². The lowest BCUT2D eigenvalue weighted by Crippen LogP contribution is -2.49. The van der Waals surface area contributed by atoms with E-state index in [1.54, 1.807) is 0 Å². The molecular formula is C66H43NS3Si. The normalized spacial score (nSPS) is 16.2. The number of hydrogen-bond acceptors (Lipinski definition) is 4. The van der Waals surface area contributed by atoms with E-state index >= 15 is 0 Å². The molecule has 17 rings (SSSR count). The summed E-state index contributed by atoms with van der Waals surface area (Å²) in [7, 11) is -2.10. The zero-order valence-electron chi connectivity index (χ0n) is 39.1. The molecule has 5 aliphatic rings. The first kappa shape index (κ1) is 39.6. The van der Waals surface area contributed by atoms with Gasteiger partial charge in [-0.1, -0.05) is 165 Å². The quantitative estimate of drug-likeness (QED) is 0.160. The molecule has 9 aromatic carbocycles. The molecule has 0 unspecified atom stereocenters. The number of nitrogens with zero attached hydrogens (tertiary/aromatic N) is 1. The molecular weight excluding hydrogens is 931 g/mol. The molecule has 0 amide bonds. The number of rotatable bonds is 3. The Labute approximate surface area is 425 Å². The van der Waals surface area contributed by atoms with E-state index in [4.69, 9.17) is 0 Å². The highest BCUT2D eigenvalue weighted by Gasteiger charge is 2.53. The Morgan fingerprint density at radius 2 is 1.07 bits per heavy atom. The van der Waals surface area contributed by atoms with Crippen molar-refractivity contribution >= 4 is 100 Å². The molecule has 5 heteroatoms. The molecule has 3 aromatic heterocycles. The standard InChI is InChI=1S/C66H43NS3Si/c1-71(2)56-23-12-9-18-42(56)46-36-52-55(37-57(46)71)67(53-21-11-10-20-47(53)65(52,40-14-5-3-6-15-40)41-16-7-4-8-17-41)54-22-13-19-43-44-29-31-49-60(62(44)70-61(43)54)45-28-26-38-24-25-39-27-30-48(59(45)58(38)39)66(49)50-32-34-68-63(50)64-51(66)33-35-69-64/h3-23,26-37H,24-25H2,1-2H3. The van der Waals surface area contributed by atoms with Crippen LogP contribution in [0.2, 0.25) is 13.1 Å². The summed E-state index contributed by atoms with van der Waals surface area (Å²) in [6, 6.07) is 73.6. The summed E-state index contributed by atoms with van der Waals surface area (Å²) in [6.45, 7) is 5.12. The highest BCUT2D eigenvalue weighted by molar-refractivity contribution is 7.27. The molecule has 1 spiro atoms. The van der Waals surface area contributed by atoms with Crippen LogP contribution in [0, 0.1) is 0 Å². The largest absolute Gasteiger partial charge is 0.308 e.